The summed E-state index contributed by atoms with van der Waals surface area (Å²) in [4.78, 5) is 11.1. The molecule has 0 saturated heterocycles. The minimum atomic E-state index is -3.55. The summed E-state index contributed by atoms with van der Waals surface area (Å²) in [5.74, 6) is 1.43. The average Bonchev–Trinajstić information content (AvgIpc) is 2.02. The van der Waals surface area contributed by atoms with E-state index in [0.717, 1.165) is 0 Å². The van der Waals surface area contributed by atoms with Crippen LogP contribution in [0.4, 0.5) is 0 Å². The molecule has 1 unspecified atom stereocenters. The van der Waals surface area contributed by atoms with Gasteiger partial charge in [-0.1, -0.05) is 0 Å². The predicted molar refractivity (Wildman–Crippen MR) is 52.4 cm³/mol. The van der Waals surface area contributed by atoms with Gasteiger partial charge in [0.1, 0.15) is 0 Å². The van der Waals surface area contributed by atoms with Crippen molar-refractivity contribution < 1.29 is 13.2 Å². The third kappa shape index (κ3) is 6.42. The summed E-state index contributed by atoms with van der Waals surface area (Å²) in [5.41, 5.74) is 5.34. The molecule has 0 aliphatic heterocycles. The predicted octanol–water partition coefficient (Wildman–Crippen LogP) is -2.26. The molecule has 0 bridgehead atoms. The van der Waals surface area contributed by atoms with Gasteiger partial charge in [0, 0.05) is 13.0 Å². The van der Waals surface area contributed by atoms with E-state index in [0.29, 0.717) is 0 Å². The lowest BCUT2D eigenvalue weighted by atomic mass is 10.2. The van der Waals surface area contributed by atoms with Crippen LogP contribution >= 0.6 is 0 Å². The van der Waals surface area contributed by atoms with Gasteiger partial charge >= 0.3 is 0 Å². The van der Waals surface area contributed by atoms with Crippen LogP contribution in [0.1, 0.15) is 6.42 Å². The Morgan fingerprint density at radius 3 is 2.57 bits per heavy atom. The zero-order valence-electron chi connectivity index (χ0n) is 7.56. The van der Waals surface area contributed by atoms with Crippen molar-refractivity contribution in [3.05, 3.63) is 0 Å². The summed E-state index contributed by atoms with van der Waals surface area (Å²) in [6.45, 7) is -0.0596. The molecular formula is C7H13N3O3S. The first kappa shape index (κ1) is 12.9. The Kier molecular flexibility index (Phi) is 5.15. The van der Waals surface area contributed by atoms with Gasteiger partial charge in [-0.2, -0.15) is 0 Å². The Morgan fingerprint density at radius 2 is 2.14 bits per heavy atom. The number of rotatable bonds is 5. The molecule has 6 nitrogen and oxygen atoms in total. The highest BCUT2D eigenvalue weighted by Crippen LogP contribution is 1.85. The molecule has 7 heteroatoms. The minimum absolute atomic E-state index is 0.0596. The Morgan fingerprint density at radius 1 is 1.57 bits per heavy atom. The van der Waals surface area contributed by atoms with Crippen molar-refractivity contribution in [3.63, 3.8) is 0 Å². The van der Waals surface area contributed by atoms with Crippen molar-refractivity contribution in [2.75, 3.05) is 12.3 Å². The Hall–Kier alpha value is -1.10. The normalized spacial score (nSPS) is 12.9. The molecule has 0 aliphatic rings. The van der Waals surface area contributed by atoms with E-state index in [-0.39, 0.29) is 18.7 Å². The first-order chi connectivity index (χ1) is 6.37. The molecule has 0 aromatic rings. The highest BCUT2D eigenvalue weighted by molar-refractivity contribution is 7.89. The van der Waals surface area contributed by atoms with Crippen LogP contribution in [0.3, 0.4) is 0 Å². The maximum Gasteiger partial charge on any atom is 0.237 e. The number of nitrogens with two attached hydrogens (primary N) is 2. The molecular weight excluding hydrogens is 206 g/mol. The number of hydrogen-bond acceptors (Lipinski definition) is 4. The highest BCUT2D eigenvalue weighted by Gasteiger charge is 2.12. The lowest BCUT2D eigenvalue weighted by molar-refractivity contribution is -0.122. The van der Waals surface area contributed by atoms with E-state index in [2.05, 4.69) is 11.2 Å². The topological polar surface area (TPSA) is 115 Å². The fourth-order valence-electron chi connectivity index (χ4n) is 0.667. The SMILES string of the molecule is C#CCC(N)C(=O)NCCS(N)(=O)=O. The van der Waals surface area contributed by atoms with Crippen LogP contribution in [-0.4, -0.2) is 32.7 Å². The summed E-state index contributed by atoms with van der Waals surface area (Å²) in [5, 5.41) is 7.02. The van der Waals surface area contributed by atoms with E-state index in [4.69, 9.17) is 17.3 Å². The second-order valence-electron chi connectivity index (χ2n) is 2.67. The number of carbonyl (C=O) groups is 1. The van der Waals surface area contributed by atoms with Crippen LogP contribution in [0.15, 0.2) is 0 Å². The lowest BCUT2D eigenvalue weighted by Crippen LogP contribution is -2.42. The number of carbonyl (C=O) groups excluding carboxylic acids is 1. The van der Waals surface area contributed by atoms with Gasteiger partial charge in [-0.05, 0) is 0 Å². The fourth-order valence-corrected chi connectivity index (χ4v) is 1.05. The maximum absolute atomic E-state index is 11.1. The zero-order valence-corrected chi connectivity index (χ0v) is 8.38. The third-order valence-corrected chi connectivity index (χ3v) is 2.13. The van der Waals surface area contributed by atoms with Crippen molar-refractivity contribution in [2.45, 2.75) is 12.5 Å². The molecule has 1 atom stereocenters. The Bertz CT molecular complexity index is 331. The van der Waals surface area contributed by atoms with Crippen LogP contribution in [0.25, 0.3) is 0 Å². The van der Waals surface area contributed by atoms with Crippen molar-refractivity contribution in [1.29, 1.82) is 0 Å². The lowest BCUT2D eigenvalue weighted by Gasteiger charge is -2.08. The molecule has 0 spiro atoms. The van der Waals surface area contributed by atoms with Crippen LogP contribution in [0.5, 0.6) is 0 Å². The van der Waals surface area contributed by atoms with E-state index in [1.807, 2.05) is 0 Å². The fraction of sp³-hybridized carbons (Fsp3) is 0.571. The smallest absolute Gasteiger partial charge is 0.237 e. The van der Waals surface area contributed by atoms with Gasteiger partial charge in [0.2, 0.25) is 15.9 Å². The van der Waals surface area contributed by atoms with Gasteiger partial charge < -0.3 is 11.1 Å². The first-order valence-electron chi connectivity index (χ1n) is 3.84. The first-order valence-corrected chi connectivity index (χ1v) is 5.55. The molecule has 0 aromatic carbocycles. The van der Waals surface area contributed by atoms with E-state index < -0.39 is 22.0 Å². The maximum atomic E-state index is 11.1. The molecule has 0 aliphatic carbocycles. The van der Waals surface area contributed by atoms with Gasteiger partial charge in [0.15, 0.2) is 0 Å². The number of primary sulfonamides is 1. The van der Waals surface area contributed by atoms with Gasteiger partial charge in [0.05, 0.1) is 11.8 Å². The highest BCUT2D eigenvalue weighted by atomic mass is 32.2. The summed E-state index contributed by atoms with van der Waals surface area (Å²) in [6, 6.07) is -0.805. The van der Waals surface area contributed by atoms with E-state index in [9.17, 15) is 13.2 Å². The molecule has 0 saturated carbocycles. The number of nitrogens with one attached hydrogen (secondary N) is 1. The molecule has 0 radical (unpaired) electrons. The minimum Gasteiger partial charge on any atom is -0.354 e. The quantitative estimate of drug-likeness (QED) is 0.453. The summed E-state index contributed by atoms with van der Waals surface area (Å²) in [7, 11) is -3.55. The Labute approximate surface area is 83.1 Å². The molecule has 14 heavy (non-hydrogen) atoms. The van der Waals surface area contributed by atoms with Crippen molar-refractivity contribution in [3.8, 4) is 12.3 Å². The molecule has 0 heterocycles. The summed E-state index contributed by atoms with van der Waals surface area (Å²) in [6.07, 6.45) is 5.05. The standard InChI is InChI=1S/C7H13N3O3S/c1-2-3-6(8)7(11)10-4-5-14(9,12)13/h1,6H,3-5,8H2,(H,10,11)(H2,9,12,13). The van der Waals surface area contributed by atoms with Gasteiger partial charge in [-0.3, -0.25) is 4.79 Å². The summed E-state index contributed by atoms with van der Waals surface area (Å²) >= 11 is 0. The summed E-state index contributed by atoms with van der Waals surface area (Å²) < 4.78 is 20.9. The van der Waals surface area contributed by atoms with E-state index in [1.54, 1.807) is 0 Å². The van der Waals surface area contributed by atoms with Crippen LogP contribution in [0.2, 0.25) is 0 Å². The van der Waals surface area contributed by atoms with E-state index in [1.165, 1.54) is 0 Å². The second kappa shape index (κ2) is 5.59. The molecule has 0 aromatic heterocycles. The number of amides is 1. The van der Waals surface area contributed by atoms with Gasteiger partial charge in [0.25, 0.3) is 0 Å². The number of terminal acetylenes is 1. The third-order valence-electron chi connectivity index (χ3n) is 1.36. The van der Waals surface area contributed by atoms with Crippen molar-refractivity contribution >= 4 is 15.9 Å². The van der Waals surface area contributed by atoms with Crippen molar-refractivity contribution in [1.82, 2.24) is 5.32 Å². The van der Waals surface area contributed by atoms with Crippen LogP contribution in [-0.2, 0) is 14.8 Å². The Balaban J connectivity index is 3.82. The molecule has 0 fully saturated rings. The van der Waals surface area contributed by atoms with Gasteiger partial charge in [-0.25, -0.2) is 13.6 Å². The van der Waals surface area contributed by atoms with Gasteiger partial charge in [-0.15, -0.1) is 12.3 Å². The molecule has 80 valence electrons. The number of hydrogen-bond donors (Lipinski definition) is 3. The van der Waals surface area contributed by atoms with Crippen LogP contribution in [0, 0.1) is 12.3 Å². The molecule has 1 amide bonds. The average molecular weight is 219 g/mol. The number of sulfonamides is 1. The van der Waals surface area contributed by atoms with Crippen LogP contribution < -0.4 is 16.2 Å². The largest absolute Gasteiger partial charge is 0.354 e. The molecule has 5 N–H and O–H groups in total. The molecule has 0 rings (SSSR count). The van der Waals surface area contributed by atoms with Crippen molar-refractivity contribution in [2.24, 2.45) is 10.9 Å². The zero-order chi connectivity index (χ0) is 11.2. The second-order valence-corrected chi connectivity index (χ2v) is 4.41. The van der Waals surface area contributed by atoms with E-state index >= 15 is 0 Å². The monoisotopic (exact) mass is 219 g/mol.